The predicted octanol–water partition coefficient (Wildman–Crippen LogP) is 3.85. The van der Waals surface area contributed by atoms with Gasteiger partial charge in [0.25, 0.3) is 0 Å². The number of rotatable bonds is 7. The third-order valence-corrected chi connectivity index (χ3v) is 4.87. The van der Waals surface area contributed by atoms with Gasteiger partial charge in [-0.25, -0.2) is 0 Å². The molecule has 2 atom stereocenters. The average molecular weight is 279 g/mol. The largest absolute Gasteiger partial charge is 0.494 e. The lowest BCUT2D eigenvalue weighted by Crippen LogP contribution is -2.26. The summed E-state index contributed by atoms with van der Waals surface area (Å²) in [7, 11) is 0. The molecule has 0 radical (unpaired) electrons. The van der Waals surface area contributed by atoms with Gasteiger partial charge in [-0.05, 0) is 38.0 Å². The number of hydrogen-bond acceptors (Lipinski definition) is 3. The van der Waals surface area contributed by atoms with Crippen LogP contribution < -0.4 is 10.1 Å². The first-order chi connectivity index (χ1) is 9.33. The van der Waals surface area contributed by atoms with Gasteiger partial charge in [-0.2, -0.15) is 11.8 Å². The minimum Gasteiger partial charge on any atom is -0.494 e. The molecule has 0 spiro atoms. The van der Waals surface area contributed by atoms with Gasteiger partial charge in [-0.3, -0.25) is 0 Å². The Balaban J connectivity index is 1.82. The maximum atomic E-state index is 5.67. The minimum atomic E-state index is 0.679. The lowest BCUT2D eigenvalue weighted by Gasteiger charge is -2.15. The van der Waals surface area contributed by atoms with E-state index < -0.39 is 0 Å². The van der Waals surface area contributed by atoms with Crippen LogP contribution >= 0.6 is 11.8 Å². The Morgan fingerprint density at radius 1 is 1.26 bits per heavy atom. The molecule has 0 aromatic heterocycles. The van der Waals surface area contributed by atoms with Crippen LogP contribution in [-0.2, 0) is 6.54 Å². The fourth-order valence-corrected chi connectivity index (χ4v) is 3.86. The van der Waals surface area contributed by atoms with Crippen molar-refractivity contribution >= 4 is 11.8 Å². The maximum Gasteiger partial charge on any atom is 0.123 e. The maximum absolute atomic E-state index is 5.67. The van der Waals surface area contributed by atoms with Gasteiger partial charge < -0.3 is 10.1 Å². The van der Waals surface area contributed by atoms with Gasteiger partial charge in [0.1, 0.15) is 5.75 Å². The molecular weight excluding hydrogens is 254 g/mol. The molecule has 0 aliphatic heterocycles. The van der Waals surface area contributed by atoms with Gasteiger partial charge in [0.05, 0.1) is 6.61 Å². The highest BCUT2D eigenvalue weighted by atomic mass is 32.2. The van der Waals surface area contributed by atoms with Crippen molar-refractivity contribution in [2.24, 2.45) is 0 Å². The van der Waals surface area contributed by atoms with E-state index in [1.807, 2.05) is 13.0 Å². The third-order valence-electron chi connectivity index (χ3n) is 3.64. The van der Waals surface area contributed by atoms with E-state index in [-0.39, 0.29) is 0 Å². The highest BCUT2D eigenvalue weighted by molar-refractivity contribution is 7.99. The van der Waals surface area contributed by atoms with Gasteiger partial charge in [0, 0.05) is 23.4 Å². The molecule has 1 fully saturated rings. The summed E-state index contributed by atoms with van der Waals surface area (Å²) >= 11 is 2.11. The van der Waals surface area contributed by atoms with Gasteiger partial charge in [-0.1, -0.05) is 25.1 Å². The first-order valence-corrected chi connectivity index (χ1v) is 8.44. The molecule has 0 bridgehead atoms. The Bertz CT molecular complexity index is 383. The molecule has 1 aromatic carbocycles. The van der Waals surface area contributed by atoms with Crippen molar-refractivity contribution in [3.63, 3.8) is 0 Å². The molecule has 1 aromatic rings. The van der Waals surface area contributed by atoms with Crippen molar-refractivity contribution in [2.75, 3.05) is 12.4 Å². The Hall–Kier alpha value is -0.670. The molecule has 3 heteroatoms. The van der Waals surface area contributed by atoms with Crippen LogP contribution in [0.4, 0.5) is 0 Å². The molecular formula is C16H25NOS. The van der Waals surface area contributed by atoms with Gasteiger partial charge >= 0.3 is 0 Å². The van der Waals surface area contributed by atoms with E-state index in [2.05, 4.69) is 42.2 Å². The zero-order chi connectivity index (χ0) is 13.5. The van der Waals surface area contributed by atoms with Gasteiger partial charge in [-0.15, -0.1) is 0 Å². The summed E-state index contributed by atoms with van der Waals surface area (Å²) in [6.07, 6.45) is 3.99. The molecule has 2 rings (SSSR count). The lowest BCUT2D eigenvalue weighted by molar-refractivity contribution is 0.334. The van der Waals surface area contributed by atoms with E-state index in [1.54, 1.807) is 0 Å². The highest BCUT2D eigenvalue weighted by Gasteiger charge is 2.24. The second-order valence-corrected chi connectivity index (χ2v) is 6.59. The molecule has 106 valence electrons. The summed E-state index contributed by atoms with van der Waals surface area (Å²) in [4.78, 5) is 0. The summed E-state index contributed by atoms with van der Waals surface area (Å²) in [6.45, 7) is 5.94. The molecule has 1 N–H and O–H groups in total. The second-order valence-electron chi connectivity index (χ2n) is 5.01. The standard InChI is InChI=1S/C16H25NOS/c1-3-18-16-8-6-5-7-13(16)12-17-14-9-10-15(11-14)19-4-2/h5-8,14-15,17H,3-4,9-12H2,1-2H3. The Labute approximate surface area is 121 Å². The number of ether oxygens (including phenoxy) is 1. The smallest absolute Gasteiger partial charge is 0.123 e. The Morgan fingerprint density at radius 2 is 2.11 bits per heavy atom. The molecule has 2 nitrogen and oxygen atoms in total. The van der Waals surface area contributed by atoms with E-state index >= 15 is 0 Å². The predicted molar refractivity (Wildman–Crippen MR) is 84.0 cm³/mol. The first kappa shape index (κ1) is 14.7. The van der Waals surface area contributed by atoms with Crippen LogP contribution in [-0.4, -0.2) is 23.7 Å². The van der Waals surface area contributed by atoms with Crippen molar-refractivity contribution in [1.82, 2.24) is 5.32 Å². The van der Waals surface area contributed by atoms with Crippen molar-refractivity contribution in [3.8, 4) is 5.75 Å². The Kier molecular flexibility index (Phi) is 6.05. The molecule has 2 unspecified atom stereocenters. The van der Waals surface area contributed by atoms with Crippen molar-refractivity contribution < 1.29 is 4.74 Å². The van der Waals surface area contributed by atoms with Crippen LogP contribution in [0.1, 0.15) is 38.7 Å². The molecule has 0 amide bonds. The van der Waals surface area contributed by atoms with E-state index in [9.17, 15) is 0 Å². The highest BCUT2D eigenvalue weighted by Crippen LogP contribution is 2.30. The van der Waals surface area contributed by atoms with Crippen LogP contribution in [0.2, 0.25) is 0 Å². The van der Waals surface area contributed by atoms with Crippen LogP contribution in [0.3, 0.4) is 0 Å². The third kappa shape index (κ3) is 4.43. The SMILES string of the molecule is CCOc1ccccc1CNC1CCC(SCC)C1. The average Bonchev–Trinajstić information content (AvgIpc) is 2.86. The molecule has 0 heterocycles. The number of nitrogens with one attached hydrogen (secondary N) is 1. The summed E-state index contributed by atoms with van der Waals surface area (Å²) in [5.41, 5.74) is 1.27. The van der Waals surface area contributed by atoms with Crippen molar-refractivity contribution in [1.29, 1.82) is 0 Å². The summed E-state index contributed by atoms with van der Waals surface area (Å²) in [5, 5.41) is 4.56. The topological polar surface area (TPSA) is 21.3 Å². The molecule has 1 aliphatic rings. The second kappa shape index (κ2) is 7.81. The van der Waals surface area contributed by atoms with Gasteiger partial charge in [0.2, 0.25) is 0 Å². The number of thioether (sulfide) groups is 1. The van der Waals surface area contributed by atoms with E-state index in [0.717, 1.165) is 24.2 Å². The summed E-state index contributed by atoms with van der Waals surface area (Å²) < 4.78 is 5.67. The number of para-hydroxylation sites is 1. The first-order valence-electron chi connectivity index (χ1n) is 7.39. The summed E-state index contributed by atoms with van der Waals surface area (Å²) in [6, 6.07) is 9.02. The molecule has 1 aliphatic carbocycles. The molecule has 0 saturated heterocycles. The zero-order valence-electron chi connectivity index (χ0n) is 12.0. The van der Waals surface area contributed by atoms with Gasteiger partial charge in [0.15, 0.2) is 0 Å². The van der Waals surface area contributed by atoms with E-state index in [0.29, 0.717) is 6.04 Å². The Morgan fingerprint density at radius 3 is 2.89 bits per heavy atom. The molecule has 19 heavy (non-hydrogen) atoms. The minimum absolute atomic E-state index is 0.679. The van der Waals surface area contributed by atoms with E-state index in [4.69, 9.17) is 4.74 Å². The molecule has 1 saturated carbocycles. The quantitative estimate of drug-likeness (QED) is 0.819. The summed E-state index contributed by atoms with van der Waals surface area (Å²) in [5.74, 6) is 2.26. The van der Waals surface area contributed by atoms with Crippen molar-refractivity contribution in [2.45, 2.75) is 50.9 Å². The normalized spacial score (nSPS) is 22.6. The van der Waals surface area contributed by atoms with E-state index in [1.165, 1.54) is 30.6 Å². The van der Waals surface area contributed by atoms with Crippen molar-refractivity contribution in [3.05, 3.63) is 29.8 Å². The fraction of sp³-hybridized carbons (Fsp3) is 0.625. The van der Waals surface area contributed by atoms with Crippen LogP contribution in [0.15, 0.2) is 24.3 Å². The number of benzene rings is 1. The van der Waals surface area contributed by atoms with Crippen LogP contribution in [0.5, 0.6) is 5.75 Å². The van der Waals surface area contributed by atoms with Crippen LogP contribution in [0, 0.1) is 0 Å². The fourth-order valence-electron chi connectivity index (χ4n) is 2.71. The number of hydrogen-bond donors (Lipinski definition) is 1. The zero-order valence-corrected chi connectivity index (χ0v) is 12.8. The van der Waals surface area contributed by atoms with Crippen LogP contribution in [0.25, 0.3) is 0 Å². The lowest BCUT2D eigenvalue weighted by atomic mass is 10.1. The monoisotopic (exact) mass is 279 g/mol.